The van der Waals surface area contributed by atoms with Crippen molar-refractivity contribution in [3.05, 3.63) is 40.2 Å². The fourth-order valence-corrected chi connectivity index (χ4v) is 3.14. The van der Waals surface area contributed by atoms with E-state index in [1.54, 1.807) is 11.3 Å². The predicted octanol–water partition coefficient (Wildman–Crippen LogP) is 3.54. The van der Waals surface area contributed by atoms with Crippen LogP contribution in [0.2, 0.25) is 0 Å². The molecule has 2 heterocycles. The lowest BCUT2D eigenvalue weighted by atomic mass is 10.1. The third-order valence-electron chi connectivity index (χ3n) is 3.23. The van der Waals surface area contributed by atoms with Crippen molar-refractivity contribution in [2.45, 2.75) is 25.8 Å². The minimum atomic E-state index is 0.485. The summed E-state index contributed by atoms with van der Waals surface area (Å²) < 4.78 is 0. The molecule has 1 aliphatic heterocycles. The highest BCUT2D eigenvalue weighted by Gasteiger charge is 2.19. The highest BCUT2D eigenvalue weighted by atomic mass is 32.1. The number of benzene rings is 1. The molecule has 0 saturated carbocycles. The molecule has 3 rings (SSSR count). The first-order valence-corrected chi connectivity index (χ1v) is 6.97. The Morgan fingerprint density at radius 2 is 2.12 bits per heavy atom. The molecular weight excluding hydrogens is 228 g/mol. The maximum Gasteiger partial charge on any atom is 0.110 e. The summed E-state index contributed by atoms with van der Waals surface area (Å²) in [5.74, 6) is 0. The van der Waals surface area contributed by atoms with Gasteiger partial charge in [0.05, 0.1) is 11.7 Å². The summed E-state index contributed by atoms with van der Waals surface area (Å²) in [4.78, 5) is 4.75. The number of nitrogens with one attached hydrogen (secondary N) is 1. The van der Waals surface area contributed by atoms with Crippen LogP contribution in [0.1, 0.15) is 29.5 Å². The quantitative estimate of drug-likeness (QED) is 0.874. The summed E-state index contributed by atoms with van der Waals surface area (Å²) in [7, 11) is 0. The molecule has 1 N–H and O–H groups in total. The molecule has 0 amide bonds. The van der Waals surface area contributed by atoms with Gasteiger partial charge in [0.25, 0.3) is 0 Å². The molecule has 1 unspecified atom stereocenters. The number of aromatic nitrogens is 1. The first-order valence-electron chi connectivity index (χ1n) is 6.09. The molecular formula is C14H16N2S. The van der Waals surface area contributed by atoms with Gasteiger partial charge in [-0.3, -0.25) is 0 Å². The molecule has 1 aliphatic rings. The van der Waals surface area contributed by atoms with Crippen LogP contribution in [-0.4, -0.2) is 11.5 Å². The van der Waals surface area contributed by atoms with Crippen molar-refractivity contribution in [2.24, 2.45) is 0 Å². The van der Waals surface area contributed by atoms with Crippen LogP contribution in [0.5, 0.6) is 0 Å². The molecule has 0 spiro atoms. The number of thiazole rings is 1. The summed E-state index contributed by atoms with van der Waals surface area (Å²) in [6, 6.07) is 9.07. The van der Waals surface area contributed by atoms with Gasteiger partial charge in [0.15, 0.2) is 0 Å². The van der Waals surface area contributed by atoms with Crippen LogP contribution < -0.4 is 5.32 Å². The zero-order valence-corrected chi connectivity index (χ0v) is 10.8. The molecule has 1 atom stereocenters. The van der Waals surface area contributed by atoms with Crippen LogP contribution in [0.3, 0.4) is 0 Å². The minimum absolute atomic E-state index is 0.485. The molecule has 1 aromatic heterocycles. The van der Waals surface area contributed by atoms with Gasteiger partial charge in [0, 0.05) is 10.9 Å². The Morgan fingerprint density at radius 1 is 1.29 bits per heavy atom. The van der Waals surface area contributed by atoms with E-state index in [-0.39, 0.29) is 0 Å². The first-order chi connectivity index (χ1) is 8.33. The minimum Gasteiger partial charge on any atom is -0.308 e. The van der Waals surface area contributed by atoms with Crippen LogP contribution in [0.15, 0.2) is 29.6 Å². The van der Waals surface area contributed by atoms with E-state index >= 15 is 0 Å². The number of aryl methyl sites for hydroxylation is 1. The standard InChI is InChI=1S/C14H16N2S/c1-10-4-6-11(7-5-10)13-9-17-14(16-13)12-3-2-8-15-12/h4-7,9,12,15H,2-3,8H2,1H3. The van der Waals surface area contributed by atoms with Crippen molar-refractivity contribution in [2.75, 3.05) is 6.54 Å². The second kappa shape index (κ2) is 4.59. The smallest absolute Gasteiger partial charge is 0.110 e. The van der Waals surface area contributed by atoms with Crippen molar-refractivity contribution in [1.29, 1.82) is 0 Å². The van der Waals surface area contributed by atoms with Gasteiger partial charge >= 0.3 is 0 Å². The molecule has 0 aliphatic carbocycles. The zero-order valence-electron chi connectivity index (χ0n) is 9.94. The largest absolute Gasteiger partial charge is 0.308 e. The highest BCUT2D eigenvalue weighted by Crippen LogP contribution is 2.29. The lowest BCUT2D eigenvalue weighted by Gasteiger charge is -2.04. The van der Waals surface area contributed by atoms with E-state index in [4.69, 9.17) is 4.98 Å². The number of rotatable bonds is 2. The topological polar surface area (TPSA) is 24.9 Å². The van der Waals surface area contributed by atoms with Crippen LogP contribution >= 0.6 is 11.3 Å². The molecule has 17 heavy (non-hydrogen) atoms. The molecule has 1 saturated heterocycles. The Balaban J connectivity index is 1.86. The second-order valence-corrected chi connectivity index (χ2v) is 5.48. The van der Waals surface area contributed by atoms with Crippen molar-refractivity contribution < 1.29 is 0 Å². The first kappa shape index (κ1) is 10.9. The molecule has 1 aromatic carbocycles. The summed E-state index contributed by atoms with van der Waals surface area (Å²) in [5.41, 5.74) is 3.62. The number of hydrogen-bond acceptors (Lipinski definition) is 3. The molecule has 2 nitrogen and oxygen atoms in total. The lowest BCUT2D eigenvalue weighted by Crippen LogP contribution is -2.12. The lowest BCUT2D eigenvalue weighted by molar-refractivity contribution is 0.643. The van der Waals surface area contributed by atoms with Crippen molar-refractivity contribution in [1.82, 2.24) is 10.3 Å². The summed E-state index contributed by atoms with van der Waals surface area (Å²) >= 11 is 1.77. The van der Waals surface area contributed by atoms with Gasteiger partial charge in [-0.15, -0.1) is 11.3 Å². The van der Waals surface area contributed by atoms with E-state index in [0.29, 0.717) is 6.04 Å². The van der Waals surface area contributed by atoms with Gasteiger partial charge in [-0.1, -0.05) is 29.8 Å². The predicted molar refractivity (Wildman–Crippen MR) is 72.3 cm³/mol. The monoisotopic (exact) mass is 244 g/mol. The van der Waals surface area contributed by atoms with Crippen LogP contribution in [-0.2, 0) is 0 Å². The Kier molecular flexibility index (Phi) is 2.95. The molecule has 88 valence electrons. The van der Waals surface area contributed by atoms with E-state index in [9.17, 15) is 0 Å². The van der Waals surface area contributed by atoms with Crippen molar-refractivity contribution >= 4 is 11.3 Å². The van der Waals surface area contributed by atoms with Crippen LogP contribution in [0, 0.1) is 6.92 Å². The summed E-state index contributed by atoms with van der Waals surface area (Å²) in [6.07, 6.45) is 2.49. The van der Waals surface area contributed by atoms with Gasteiger partial charge in [-0.05, 0) is 26.3 Å². The average Bonchev–Trinajstić information content (AvgIpc) is 3.00. The Bertz CT molecular complexity index is 495. The SMILES string of the molecule is Cc1ccc(-c2csc(C3CCCN3)n2)cc1. The molecule has 0 radical (unpaired) electrons. The molecule has 3 heteroatoms. The van der Waals surface area contributed by atoms with Crippen LogP contribution in [0.25, 0.3) is 11.3 Å². The van der Waals surface area contributed by atoms with Crippen molar-refractivity contribution in [3.8, 4) is 11.3 Å². The Morgan fingerprint density at radius 3 is 2.82 bits per heavy atom. The zero-order chi connectivity index (χ0) is 11.7. The summed E-state index contributed by atoms with van der Waals surface area (Å²) in [5, 5.41) is 6.90. The van der Waals surface area contributed by atoms with Gasteiger partial charge in [0.2, 0.25) is 0 Å². The fourth-order valence-electron chi connectivity index (χ4n) is 2.20. The number of hydrogen-bond donors (Lipinski definition) is 1. The van der Waals surface area contributed by atoms with E-state index < -0.39 is 0 Å². The average molecular weight is 244 g/mol. The van der Waals surface area contributed by atoms with Gasteiger partial charge < -0.3 is 5.32 Å². The Labute approximate surface area is 106 Å². The van der Waals surface area contributed by atoms with Crippen molar-refractivity contribution in [3.63, 3.8) is 0 Å². The Hall–Kier alpha value is -1.19. The third-order valence-corrected chi connectivity index (χ3v) is 4.19. The summed E-state index contributed by atoms with van der Waals surface area (Å²) in [6.45, 7) is 3.24. The van der Waals surface area contributed by atoms with Gasteiger partial charge in [-0.2, -0.15) is 0 Å². The highest BCUT2D eigenvalue weighted by molar-refractivity contribution is 7.10. The van der Waals surface area contributed by atoms with E-state index in [1.165, 1.54) is 29.0 Å². The van der Waals surface area contributed by atoms with E-state index in [0.717, 1.165) is 12.2 Å². The normalized spacial score (nSPS) is 19.7. The van der Waals surface area contributed by atoms with Gasteiger partial charge in [0.1, 0.15) is 5.01 Å². The molecule has 0 bridgehead atoms. The number of nitrogens with zero attached hydrogens (tertiary/aromatic N) is 1. The maximum atomic E-state index is 4.75. The molecule has 2 aromatic rings. The van der Waals surface area contributed by atoms with Gasteiger partial charge in [-0.25, -0.2) is 4.98 Å². The molecule has 1 fully saturated rings. The maximum absolute atomic E-state index is 4.75. The third kappa shape index (κ3) is 2.26. The van der Waals surface area contributed by atoms with E-state index in [1.807, 2.05) is 0 Å². The van der Waals surface area contributed by atoms with E-state index in [2.05, 4.69) is 41.9 Å². The fraction of sp³-hybridized carbons (Fsp3) is 0.357. The van der Waals surface area contributed by atoms with Crippen LogP contribution in [0.4, 0.5) is 0 Å². The second-order valence-electron chi connectivity index (χ2n) is 4.59.